The van der Waals surface area contributed by atoms with Crippen molar-refractivity contribution in [1.82, 2.24) is 28.4 Å². The Bertz CT molecular complexity index is 5480. The molecule has 14 rings (SSSR count). The van der Waals surface area contributed by atoms with Crippen LogP contribution in [0.3, 0.4) is 0 Å². The Kier molecular flexibility index (Phi) is 20.2. The van der Waals surface area contributed by atoms with Crippen LogP contribution in [0.25, 0.3) is 32.7 Å². The van der Waals surface area contributed by atoms with Gasteiger partial charge >= 0.3 is 0 Å². The normalized spacial score (nSPS) is 14.5. The van der Waals surface area contributed by atoms with E-state index in [4.69, 9.17) is 4.42 Å². The summed E-state index contributed by atoms with van der Waals surface area (Å²) < 4.78 is 92.7. The van der Waals surface area contributed by atoms with E-state index < -0.39 is 46.6 Å². The number of sulfone groups is 1. The van der Waals surface area contributed by atoms with E-state index in [2.05, 4.69) is 9.44 Å². The van der Waals surface area contributed by atoms with E-state index >= 15 is 0 Å². The third-order valence-corrected chi connectivity index (χ3v) is 22.8. The van der Waals surface area contributed by atoms with Crippen LogP contribution in [0.2, 0.25) is 0 Å². The molecule has 3 aliphatic heterocycles. The third-order valence-electron chi connectivity index (χ3n) is 18.1. The molecule has 24 nitrogen and oxygen atoms in total. The molecule has 5 aromatic heterocycles. The number of sulfonamides is 2. The van der Waals surface area contributed by atoms with Crippen LogP contribution in [0.15, 0.2) is 227 Å². The Hall–Kier alpha value is -10.8. The number of benzene rings is 6. The van der Waals surface area contributed by atoms with Gasteiger partial charge < -0.3 is 47.5 Å². The standard InChI is InChI=1S/C26H26N4O4S2.C25H24N4O5S.C22H23N3O4S/c1-18-9-11-19(12-10-18)36(33,34)27-23-24(20-6-3-4-7-21(20)28(2)26(23)32)29-13-15-30(16-14-29)25(31)22-8-5-17-35-22;1-27-20-11-6-5-10-19(20)23(22(25(27)31)26-35(32,33)18-8-3-2-4-9-18)28-13-15-29(16-14-28)24(30)21-12-7-17-34-21;1-23-18-11-7-6-10-17(18)19(20(22(23)27)30(2,28)29)24-12-14-25(15-13-24)21(26)16-8-4-3-5-9-16/h3-12,17,27H,13-16H2,1-2H3;2-12,17,26H,13-16H2,1H3;3-11H,12-15H2,1-2H3. The number of hydrogen-bond donors (Lipinski definition) is 2. The van der Waals surface area contributed by atoms with Crippen LogP contribution >= 0.6 is 11.3 Å². The van der Waals surface area contributed by atoms with Crippen LogP contribution in [-0.4, -0.2) is 156 Å². The van der Waals surface area contributed by atoms with Crippen molar-refractivity contribution in [2.45, 2.75) is 21.6 Å². The molecule has 0 bridgehead atoms. The number of carbonyl (C=O) groups is 3. The zero-order chi connectivity index (χ0) is 71.5. The molecular formula is C73H73N11O13S4. The zero-order valence-corrected chi connectivity index (χ0v) is 59.2. The number of aryl methyl sites for hydroxylation is 4. The van der Waals surface area contributed by atoms with Gasteiger partial charge in [0.1, 0.15) is 11.4 Å². The molecule has 3 fully saturated rings. The summed E-state index contributed by atoms with van der Waals surface area (Å²) in [5.74, 6) is 0.00785. The number of anilines is 5. The van der Waals surface area contributed by atoms with Crippen LogP contribution in [0.1, 0.15) is 36.1 Å². The summed E-state index contributed by atoms with van der Waals surface area (Å²) in [6.07, 6.45) is 2.53. The summed E-state index contributed by atoms with van der Waals surface area (Å²) in [4.78, 5) is 89.9. The molecule has 101 heavy (non-hydrogen) atoms. The van der Waals surface area contributed by atoms with Gasteiger partial charge in [0.25, 0.3) is 54.4 Å². The predicted molar refractivity (Wildman–Crippen MR) is 394 cm³/mol. The lowest BCUT2D eigenvalue weighted by Gasteiger charge is -2.37. The van der Waals surface area contributed by atoms with Gasteiger partial charge in [-0.15, -0.1) is 11.3 Å². The number of piperazine rings is 3. The van der Waals surface area contributed by atoms with Crippen molar-refractivity contribution in [1.29, 1.82) is 0 Å². The number of rotatable bonds is 13. The lowest BCUT2D eigenvalue weighted by Crippen LogP contribution is -2.49. The molecule has 8 heterocycles. The van der Waals surface area contributed by atoms with Gasteiger partial charge in [-0.25, -0.2) is 25.3 Å². The second-order valence-electron chi connectivity index (χ2n) is 24.5. The molecule has 0 unspecified atom stereocenters. The van der Waals surface area contributed by atoms with Crippen molar-refractivity contribution in [3.63, 3.8) is 0 Å². The van der Waals surface area contributed by atoms with Crippen LogP contribution in [-0.2, 0) is 51.0 Å². The number of hydrogen-bond acceptors (Lipinski definition) is 17. The van der Waals surface area contributed by atoms with Crippen molar-refractivity contribution >= 4 is 120 Å². The summed E-state index contributed by atoms with van der Waals surface area (Å²) in [6.45, 7) is 7.15. The smallest absolute Gasteiger partial charge is 0.289 e. The first-order valence-electron chi connectivity index (χ1n) is 32.4. The van der Waals surface area contributed by atoms with Crippen LogP contribution in [0, 0.1) is 6.92 Å². The second-order valence-corrected chi connectivity index (χ2v) is 30.8. The number of pyridine rings is 3. The van der Waals surface area contributed by atoms with Gasteiger partial charge in [-0.1, -0.05) is 115 Å². The number of nitrogens with zero attached hydrogens (tertiary/aromatic N) is 9. The molecule has 3 amide bonds. The molecule has 522 valence electrons. The summed E-state index contributed by atoms with van der Waals surface area (Å²) in [7, 11) is -6.93. The fraction of sp³-hybridized carbons (Fsp3) is 0.233. The number of fused-ring (bicyclic) bond motifs is 3. The molecule has 0 radical (unpaired) electrons. The monoisotopic (exact) mass is 1440 g/mol. The Morgan fingerprint density at radius 3 is 1.25 bits per heavy atom. The number of aromatic nitrogens is 3. The number of nitrogens with one attached hydrogen (secondary N) is 2. The maximum atomic E-state index is 13.5. The van der Waals surface area contributed by atoms with Crippen LogP contribution in [0.5, 0.6) is 0 Å². The van der Waals surface area contributed by atoms with Gasteiger partial charge in [-0.3, -0.25) is 38.2 Å². The Morgan fingerprint density at radius 1 is 0.416 bits per heavy atom. The van der Waals surface area contributed by atoms with Gasteiger partial charge in [-0.2, -0.15) is 0 Å². The van der Waals surface area contributed by atoms with Gasteiger partial charge in [0, 0.05) is 128 Å². The Labute approximate surface area is 587 Å². The molecule has 2 N–H and O–H groups in total. The lowest BCUT2D eigenvalue weighted by molar-refractivity contribution is 0.0712. The quantitative estimate of drug-likeness (QED) is 0.109. The van der Waals surface area contributed by atoms with E-state index in [0.29, 0.717) is 128 Å². The first-order valence-corrected chi connectivity index (χ1v) is 38.1. The number of furan rings is 1. The Balaban J connectivity index is 0.000000144. The Morgan fingerprint density at radius 2 is 0.812 bits per heavy atom. The lowest BCUT2D eigenvalue weighted by atomic mass is 10.1. The maximum Gasteiger partial charge on any atom is 0.289 e. The first-order chi connectivity index (χ1) is 48.4. The number of thiophene rings is 1. The van der Waals surface area contributed by atoms with E-state index in [1.165, 1.54) is 55.6 Å². The average molecular weight is 1440 g/mol. The summed E-state index contributed by atoms with van der Waals surface area (Å²) >= 11 is 1.41. The first kappa shape index (κ1) is 70.1. The van der Waals surface area contributed by atoms with E-state index in [-0.39, 0.29) is 49.5 Å². The van der Waals surface area contributed by atoms with E-state index in [0.717, 1.165) is 22.6 Å². The molecular weight excluding hydrogens is 1370 g/mol. The topological polar surface area (TPSA) is 276 Å². The largest absolute Gasteiger partial charge is 0.459 e. The minimum atomic E-state index is -4.01. The number of carbonyl (C=O) groups excluding carboxylic acids is 3. The van der Waals surface area contributed by atoms with Gasteiger partial charge in [0.05, 0.1) is 54.5 Å². The number of amides is 3. The highest BCUT2D eigenvalue weighted by molar-refractivity contribution is 7.93. The molecule has 0 atom stereocenters. The SMILES string of the molecule is Cc1ccc(S(=O)(=O)Nc2c(N3CCN(C(=O)c4cccs4)CC3)c3ccccc3n(C)c2=O)cc1.Cn1c(=O)c(NS(=O)(=O)c2ccccc2)c(N2CCN(C(=O)c3ccco3)CC2)c2ccccc21.Cn1c(=O)c(S(C)(=O)=O)c(N2CCN(C(=O)c3ccccc3)CC2)c2ccccc21. The van der Waals surface area contributed by atoms with Gasteiger partial charge in [0.2, 0.25) is 0 Å². The molecule has 6 aromatic carbocycles. The van der Waals surface area contributed by atoms with E-state index in [1.807, 2.05) is 130 Å². The molecule has 3 saturated heterocycles. The highest BCUT2D eigenvalue weighted by Crippen LogP contribution is 2.37. The average Bonchev–Trinajstić information content (AvgIpc) is 1.23. The molecule has 11 aromatic rings. The highest BCUT2D eigenvalue weighted by atomic mass is 32.2. The van der Waals surface area contributed by atoms with Gasteiger partial charge in [-0.05, 0) is 85.1 Å². The van der Waals surface area contributed by atoms with Crippen LogP contribution < -0.4 is 40.8 Å². The fourth-order valence-electron chi connectivity index (χ4n) is 12.9. The van der Waals surface area contributed by atoms with Crippen LogP contribution in [0.4, 0.5) is 28.4 Å². The maximum absolute atomic E-state index is 13.5. The number of para-hydroxylation sites is 3. The van der Waals surface area contributed by atoms with Crippen molar-refractivity contribution in [2.24, 2.45) is 21.1 Å². The van der Waals surface area contributed by atoms with Crippen molar-refractivity contribution in [3.8, 4) is 0 Å². The zero-order valence-electron chi connectivity index (χ0n) is 55.9. The third kappa shape index (κ3) is 14.5. The highest BCUT2D eigenvalue weighted by Gasteiger charge is 2.34. The van der Waals surface area contributed by atoms with Crippen molar-refractivity contribution < 1.29 is 44.1 Å². The second kappa shape index (κ2) is 29.2. The minimum absolute atomic E-state index is 0.00908. The van der Waals surface area contributed by atoms with E-state index in [9.17, 15) is 54.0 Å². The molecule has 0 saturated carbocycles. The minimum Gasteiger partial charge on any atom is -0.459 e. The predicted octanol–water partition coefficient (Wildman–Crippen LogP) is 8.47. The summed E-state index contributed by atoms with van der Waals surface area (Å²) in [5, 5.41) is 4.09. The fourth-order valence-corrected chi connectivity index (χ4v) is 16.8. The van der Waals surface area contributed by atoms with Gasteiger partial charge in [0.15, 0.2) is 20.5 Å². The molecule has 0 aliphatic carbocycles. The van der Waals surface area contributed by atoms with Crippen molar-refractivity contribution in [3.05, 3.63) is 246 Å². The molecule has 0 spiro atoms. The summed E-state index contributed by atoms with van der Waals surface area (Å²) in [5.41, 5.74) is 3.68. The van der Waals surface area contributed by atoms with Crippen molar-refractivity contribution in [2.75, 3.05) is 109 Å². The van der Waals surface area contributed by atoms with E-state index in [1.54, 1.807) is 90.4 Å². The molecule has 28 heteroatoms. The molecule has 3 aliphatic rings. The summed E-state index contributed by atoms with van der Waals surface area (Å²) in [6, 6.07) is 52.6.